The van der Waals surface area contributed by atoms with Crippen LogP contribution in [0.2, 0.25) is 0 Å². The predicted octanol–water partition coefficient (Wildman–Crippen LogP) is 6.67. The molecule has 198 valence electrons. The van der Waals surface area contributed by atoms with Gasteiger partial charge in [-0.2, -0.15) is 0 Å². The van der Waals surface area contributed by atoms with Crippen molar-refractivity contribution in [2.45, 2.75) is 11.1 Å². The zero-order valence-electron chi connectivity index (χ0n) is 21.6. The normalized spacial score (nSPS) is 14.6. The Hall–Kier alpha value is -4.69. The van der Waals surface area contributed by atoms with Gasteiger partial charge in [-0.15, -0.1) is 10.2 Å². The van der Waals surface area contributed by atoms with Crippen LogP contribution in [-0.2, 0) is 4.79 Å². The number of halogens is 1. The molecule has 6 rings (SSSR count). The number of nitrogens with one attached hydrogen (secondary N) is 1. The van der Waals surface area contributed by atoms with Crippen molar-refractivity contribution in [3.8, 4) is 17.0 Å². The summed E-state index contributed by atoms with van der Waals surface area (Å²) in [6.07, 6.45) is 2.06. The van der Waals surface area contributed by atoms with Crippen LogP contribution in [0.3, 0.4) is 0 Å². The summed E-state index contributed by atoms with van der Waals surface area (Å²) in [4.78, 5) is 13.7. The summed E-state index contributed by atoms with van der Waals surface area (Å²) in [6, 6.07) is 31.4. The molecule has 0 fully saturated rings. The largest absolute Gasteiger partial charge is 0.497 e. The average Bonchev–Trinajstić information content (AvgIpc) is 3.46. The summed E-state index contributed by atoms with van der Waals surface area (Å²) in [5.41, 5.74) is 7.61. The number of rotatable bonds is 7. The Kier molecular flexibility index (Phi) is 7.16. The van der Waals surface area contributed by atoms with Crippen molar-refractivity contribution in [2.24, 2.45) is 0 Å². The van der Waals surface area contributed by atoms with Crippen LogP contribution in [0, 0.1) is 5.82 Å². The molecule has 2 heterocycles. The lowest BCUT2D eigenvalue weighted by Crippen LogP contribution is -2.40. The third kappa shape index (κ3) is 5.13. The second kappa shape index (κ2) is 11.2. The Bertz CT molecular complexity index is 1690. The summed E-state index contributed by atoms with van der Waals surface area (Å²) >= 11 is 1.34. The number of aromatic nitrogens is 2. The van der Waals surface area contributed by atoms with Gasteiger partial charge in [-0.25, -0.2) is 9.40 Å². The van der Waals surface area contributed by atoms with Gasteiger partial charge in [0.1, 0.15) is 22.3 Å². The summed E-state index contributed by atoms with van der Waals surface area (Å²) < 4.78 is 18.8. The fourth-order valence-corrected chi connectivity index (χ4v) is 5.55. The second-order valence-electron chi connectivity index (χ2n) is 9.23. The van der Waals surface area contributed by atoms with Crippen LogP contribution >= 0.6 is 11.8 Å². The maximum Gasteiger partial charge on any atom is 0.252 e. The molecule has 8 heteroatoms. The molecule has 1 aliphatic heterocycles. The van der Waals surface area contributed by atoms with Gasteiger partial charge in [0, 0.05) is 16.3 Å². The number of amides is 1. The van der Waals surface area contributed by atoms with Crippen molar-refractivity contribution < 1.29 is 13.9 Å². The number of thioether (sulfide) groups is 1. The van der Waals surface area contributed by atoms with Crippen LogP contribution in [0.5, 0.6) is 5.75 Å². The van der Waals surface area contributed by atoms with E-state index in [1.54, 1.807) is 24.3 Å². The van der Waals surface area contributed by atoms with Gasteiger partial charge in [-0.1, -0.05) is 78.5 Å². The minimum atomic E-state index is -0.305. The summed E-state index contributed by atoms with van der Waals surface area (Å²) in [7, 11) is 1.63. The molecule has 5 aromatic rings. The van der Waals surface area contributed by atoms with Crippen molar-refractivity contribution in [1.82, 2.24) is 20.6 Å². The summed E-state index contributed by atoms with van der Waals surface area (Å²) in [6.45, 7) is 0. The third-order valence-electron chi connectivity index (χ3n) is 6.76. The third-order valence-corrected chi connectivity index (χ3v) is 7.72. The van der Waals surface area contributed by atoms with E-state index in [-0.39, 0.29) is 23.5 Å². The van der Waals surface area contributed by atoms with Gasteiger partial charge in [0.2, 0.25) is 0 Å². The predicted molar refractivity (Wildman–Crippen MR) is 156 cm³/mol. The first-order chi connectivity index (χ1) is 19.6. The maximum absolute atomic E-state index is 13.7. The number of hydrogen-bond donors (Lipinski definition) is 1. The van der Waals surface area contributed by atoms with Crippen LogP contribution in [0.1, 0.15) is 17.2 Å². The maximum atomic E-state index is 13.7. The topological polar surface area (TPSA) is 67.3 Å². The van der Waals surface area contributed by atoms with E-state index < -0.39 is 0 Å². The van der Waals surface area contributed by atoms with Gasteiger partial charge in [0.05, 0.1) is 24.6 Å². The van der Waals surface area contributed by atoms with E-state index in [1.807, 2.05) is 78.9 Å². The molecule has 40 heavy (non-hydrogen) atoms. The van der Waals surface area contributed by atoms with Crippen molar-refractivity contribution in [3.63, 3.8) is 0 Å². The van der Waals surface area contributed by atoms with Crippen molar-refractivity contribution in [1.29, 1.82) is 0 Å². The molecule has 0 unspecified atom stereocenters. The summed E-state index contributed by atoms with van der Waals surface area (Å²) in [5, 5.41) is 13.0. The molecule has 1 aromatic heterocycles. The van der Waals surface area contributed by atoms with Gasteiger partial charge in [-0.05, 0) is 53.6 Å². The number of benzene rings is 4. The van der Waals surface area contributed by atoms with Gasteiger partial charge in [0.25, 0.3) is 5.91 Å². The molecular formula is C32H25FN4O2S. The zero-order chi connectivity index (χ0) is 27.5. The Labute approximate surface area is 235 Å². The highest BCUT2D eigenvalue weighted by Gasteiger charge is 2.31. The summed E-state index contributed by atoms with van der Waals surface area (Å²) in [5.74, 6) is 0.510. The number of carbonyl (C=O) groups is 1. The number of methoxy groups -OCH3 is 1. The van der Waals surface area contributed by atoms with Crippen LogP contribution in [0.15, 0.2) is 114 Å². The van der Waals surface area contributed by atoms with Crippen molar-refractivity contribution in [2.75, 3.05) is 12.9 Å². The van der Waals surface area contributed by atoms with E-state index in [1.165, 1.54) is 23.9 Å². The number of hydrazine groups is 1. The van der Waals surface area contributed by atoms with Crippen LogP contribution < -0.4 is 10.2 Å². The number of fused-ring (bicyclic) bond motifs is 1. The molecular weight excluding hydrogens is 523 g/mol. The van der Waals surface area contributed by atoms with E-state index in [0.29, 0.717) is 10.7 Å². The first-order valence-electron chi connectivity index (χ1n) is 12.7. The molecule has 0 radical (unpaired) electrons. The average molecular weight is 549 g/mol. The van der Waals surface area contributed by atoms with E-state index in [9.17, 15) is 9.18 Å². The molecule has 0 saturated heterocycles. The van der Waals surface area contributed by atoms with Gasteiger partial charge in [0.15, 0.2) is 0 Å². The van der Waals surface area contributed by atoms with Gasteiger partial charge < -0.3 is 4.74 Å². The Morgan fingerprint density at radius 1 is 0.875 bits per heavy atom. The fraction of sp³-hybridized carbons (Fsp3) is 0.0938. The van der Waals surface area contributed by atoms with E-state index in [0.717, 1.165) is 38.9 Å². The second-order valence-corrected chi connectivity index (χ2v) is 10.2. The quantitative estimate of drug-likeness (QED) is 0.229. The highest BCUT2D eigenvalue weighted by atomic mass is 32.2. The Morgan fingerprint density at radius 2 is 1.57 bits per heavy atom. The standard InChI is InChI=1S/C32H25FN4O2S/c1-39-25-17-13-22(14-18-25)29-19-28(21-7-3-2-4-8-21)36-37(29)30(38)20-40-32-27-10-6-5-9-26(27)31(34-35-32)23-11-15-24(33)16-12-23/h2-19,29,36H,20H2,1H3/t29-/m1/s1. The van der Waals surface area contributed by atoms with Crippen molar-refractivity contribution >= 4 is 34.1 Å². The first kappa shape index (κ1) is 25.6. The SMILES string of the molecule is COc1ccc([C@H]2C=C(c3ccccc3)NN2C(=O)CSc2nnc(-c3ccc(F)cc3)c3ccccc23)cc1. The van der Waals surface area contributed by atoms with E-state index in [2.05, 4.69) is 21.7 Å². The fourth-order valence-electron chi connectivity index (χ4n) is 4.72. The molecule has 0 aliphatic carbocycles. The number of carbonyl (C=O) groups excluding carboxylic acids is 1. The molecule has 0 spiro atoms. The van der Waals surface area contributed by atoms with Crippen LogP contribution in [0.4, 0.5) is 4.39 Å². The Balaban J connectivity index is 1.26. The van der Waals surface area contributed by atoms with Crippen molar-refractivity contribution in [3.05, 3.63) is 126 Å². The van der Waals surface area contributed by atoms with E-state index in [4.69, 9.17) is 4.74 Å². The lowest BCUT2D eigenvalue weighted by molar-refractivity contribution is -0.131. The number of nitrogens with zero attached hydrogens (tertiary/aromatic N) is 3. The van der Waals surface area contributed by atoms with Gasteiger partial charge >= 0.3 is 0 Å². The molecule has 1 amide bonds. The first-order valence-corrected chi connectivity index (χ1v) is 13.7. The molecule has 6 nitrogen and oxygen atoms in total. The number of hydrogen-bond acceptors (Lipinski definition) is 6. The smallest absolute Gasteiger partial charge is 0.252 e. The molecule has 1 aliphatic rings. The zero-order valence-corrected chi connectivity index (χ0v) is 22.4. The lowest BCUT2D eigenvalue weighted by atomic mass is 10.0. The number of ether oxygens (including phenoxy) is 1. The molecule has 4 aromatic carbocycles. The lowest BCUT2D eigenvalue weighted by Gasteiger charge is -2.25. The molecule has 0 bridgehead atoms. The van der Waals surface area contributed by atoms with E-state index >= 15 is 0 Å². The van der Waals surface area contributed by atoms with Gasteiger partial charge in [-0.3, -0.25) is 10.2 Å². The molecule has 1 atom stereocenters. The minimum Gasteiger partial charge on any atom is -0.497 e. The van der Waals surface area contributed by atoms with Crippen LogP contribution in [-0.4, -0.2) is 34.0 Å². The Morgan fingerprint density at radius 3 is 2.30 bits per heavy atom. The highest BCUT2D eigenvalue weighted by Crippen LogP contribution is 2.35. The van der Waals surface area contributed by atoms with Crippen LogP contribution in [0.25, 0.3) is 27.7 Å². The molecule has 0 saturated carbocycles. The molecule has 1 N–H and O–H groups in total. The highest BCUT2D eigenvalue weighted by molar-refractivity contribution is 8.00. The minimum absolute atomic E-state index is 0.0958. The monoisotopic (exact) mass is 548 g/mol.